The number of fused-ring (bicyclic) bond motifs is 1. The first-order chi connectivity index (χ1) is 13.1. The third kappa shape index (κ3) is 3.29. The lowest BCUT2D eigenvalue weighted by Gasteiger charge is -2.26. The van der Waals surface area contributed by atoms with Crippen molar-refractivity contribution in [2.45, 2.75) is 38.3 Å². The van der Waals surface area contributed by atoms with Gasteiger partial charge in [-0.2, -0.15) is 10.4 Å². The molecule has 2 heterocycles. The Bertz CT molecular complexity index is 922. The van der Waals surface area contributed by atoms with Gasteiger partial charge in [-0.15, -0.1) is 0 Å². The van der Waals surface area contributed by atoms with Crippen LogP contribution in [0, 0.1) is 17.2 Å². The number of nitrogens with zero attached hydrogens (tertiary/aromatic N) is 3. The maximum absolute atomic E-state index is 11.9. The number of aromatic nitrogens is 2. The van der Waals surface area contributed by atoms with E-state index in [1.54, 1.807) is 23.0 Å². The Hall–Kier alpha value is -2.83. The number of nitrogens with two attached hydrogens (primary N) is 1. The highest BCUT2D eigenvalue weighted by Crippen LogP contribution is 2.34. The molecular formula is C18H20BN5O3. The minimum absolute atomic E-state index is 0.0547. The topological polar surface area (TPSA) is 126 Å². The van der Waals surface area contributed by atoms with Crippen molar-refractivity contribution in [3.05, 3.63) is 35.5 Å². The zero-order valence-corrected chi connectivity index (χ0v) is 14.8. The summed E-state index contributed by atoms with van der Waals surface area (Å²) in [7, 11) is -0.899. The summed E-state index contributed by atoms with van der Waals surface area (Å²) in [6.07, 6.45) is 5.39. The van der Waals surface area contributed by atoms with Gasteiger partial charge in [0.2, 0.25) is 0 Å². The molecule has 1 amide bonds. The number of carbonyl (C=O) groups is 1. The van der Waals surface area contributed by atoms with Crippen molar-refractivity contribution in [2.24, 2.45) is 11.7 Å². The molecule has 8 nitrogen and oxygen atoms in total. The predicted octanol–water partition coefficient (Wildman–Crippen LogP) is 1.20. The van der Waals surface area contributed by atoms with E-state index in [-0.39, 0.29) is 17.5 Å². The molecule has 4 N–H and O–H groups in total. The molecule has 2 aromatic rings. The number of anilines is 2. The second kappa shape index (κ2) is 7.06. The van der Waals surface area contributed by atoms with E-state index >= 15 is 0 Å². The van der Waals surface area contributed by atoms with Gasteiger partial charge in [-0.25, -0.2) is 0 Å². The molecule has 0 saturated heterocycles. The molecule has 2 atom stereocenters. The number of nitriles is 1. The molecular weight excluding hydrogens is 345 g/mol. The molecule has 0 radical (unpaired) electrons. The lowest BCUT2D eigenvalue weighted by molar-refractivity contribution is 0.100. The Morgan fingerprint density at radius 1 is 1.44 bits per heavy atom. The number of benzene rings is 1. The quantitative estimate of drug-likeness (QED) is 0.699. The van der Waals surface area contributed by atoms with Gasteiger partial charge >= 0.3 is 7.12 Å². The molecule has 138 valence electrons. The summed E-state index contributed by atoms with van der Waals surface area (Å²) in [5.74, 6) is -0.331. The van der Waals surface area contributed by atoms with Gasteiger partial charge in [0.05, 0.1) is 24.6 Å². The average Bonchev–Trinajstić information content (AvgIpc) is 3.25. The Kier molecular flexibility index (Phi) is 4.60. The lowest BCUT2D eigenvalue weighted by Crippen LogP contribution is -2.27. The normalized spacial score (nSPS) is 21.6. The van der Waals surface area contributed by atoms with E-state index in [1.807, 2.05) is 6.07 Å². The minimum atomic E-state index is -0.899. The molecule has 1 saturated carbocycles. The van der Waals surface area contributed by atoms with Crippen molar-refractivity contribution in [2.75, 3.05) is 5.32 Å². The highest BCUT2D eigenvalue weighted by atomic mass is 16.5. The third-order valence-corrected chi connectivity index (χ3v) is 5.30. The maximum Gasteiger partial charge on any atom is 0.491 e. The fourth-order valence-corrected chi connectivity index (χ4v) is 3.86. The second-order valence-corrected chi connectivity index (χ2v) is 7.02. The van der Waals surface area contributed by atoms with Crippen molar-refractivity contribution in [1.82, 2.24) is 9.78 Å². The van der Waals surface area contributed by atoms with Crippen LogP contribution < -0.4 is 16.5 Å². The van der Waals surface area contributed by atoms with Crippen molar-refractivity contribution in [3.8, 4) is 6.07 Å². The van der Waals surface area contributed by atoms with Gasteiger partial charge in [0.25, 0.3) is 5.91 Å². The van der Waals surface area contributed by atoms with Gasteiger partial charge in [0.15, 0.2) is 5.82 Å². The molecule has 0 unspecified atom stereocenters. The number of hydrogen-bond acceptors (Lipinski definition) is 6. The van der Waals surface area contributed by atoms with E-state index in [0.717, 1.165) is 42.4 Å². The summed E-state index contributed by atoms with van der Waals surface area (Å²) < 4.78 is 6.91. The smallest absolute Gasteiger partial charge is 0.423 e. The van der Waals surface area contributed by atoms with Gasteiger partial charge in [0, 0.05) is 11.9 Å². The summed E-state index contributed by atoms with van der Waals surface area (Å²) in [5.41, 5.74) is 8.16. The fraction of sp³-hybridized carbons (Fsp3) is 0.389. The minimum Gasteiger partial charge on any atom is -0.423 e. The third-order valence-electron chi connectivity index (χ3n) is 5.30. The van der Waals surface area contributed by atoms with E-state index in [4.69, 9.17) is 10.4 Å². The first-order valence-corrected chi connectivity index (χ1v) is 9.05. The van der Waals surface area contributed by atoms with Gasteiger partial charge in [-0.05, 0) is 36.0 Å². The summed E-state index contributed by atoms with van der Waals surface area (Å²) >= 11 is 0. The summed E-state index contributed by atoms with van der Waals surface area (Å²) in [4.78, 5) is 11.9. The van der Waals surface area contributed by atoms with Crippen molar-refractivity contribution >= 4 is 30.0 Å². The van der Waals surface area contributed by atoms with Crippen LogP contribution in [-0.4, -0.2) is 27.8 Å². The van der Waals surface area contributed by atoms with E-state index in [1.165, 1.54) is 0 Å². The fourth-order valence-electron chi connectivity index (χ4n) is 3.86. The zero-order valence-electron chi connectivity index (χ0n) is 14.8. The first kappa shape index (κ1) is 17.6. The largest absolute Gasteiger partial charge is 0.491 e. The molecule has 1 fully saturated rings. The van der Waals surface area contributed by atoms with E-state index in [0.29, 0.717) is 12.4 Å². The molecule has 1 aromatic heterocycles. The highest BCUT2D eigenvalue weighted by molar-refractivity contribution is 6.61. The van der Waals surface area contributed by atoms with Crippen LogP contribution in [0.2, 0.25) is 0 Å². The Morgan fingerprint density at radius 3 is 3.04 bits per heavy atom. The van der Waals surface area contributed by atoms with Crippen LogP contribution in [0.3, 0.4) is 0 Å². The van der Waals surface area contributed by atoms with Crippen LogP contribution in [0.5, 0.6) is 0 Å². The Labute approximate surface area is 157 Å². The van der Waals surface area contributed by atoms with E-state index in [9.17, 15) is 15.1 Å². The first-order valence-electron chi connectivity index (χ1n) is 9.05. The number of carbonyl (C=O) groups excluding carboxylic acids is 1. The lowest BCUT2D eigenvalue weighted by atomic mass is 9.79. The standard InChI is InChI=1S/C18H20BN5O3/c20-8-11-3-1-2-4-16(11)24-9-14(17(21)25)18(23-24)22-13-5-6-15-12(7-13)10-27-19(15)26/h5-7,9,11,16,26H,1-4,10H2,(H2,21,25)(H,22,23)/t11-,16+/m0/s1. The summed E-state index contributed by atoms with van der Waals surface area (Å²) in [6, 6.07) is 7.73. The molecule has 0 spiro atoms. The van der Waals surface area contributed by atoms with Crippen LogP contribution in [0.25, 0.3) is 0 Å². The van der Waals surface area contributed by atoms with Gasteiger partial charge in [-0.3, -0.25) is 9.48 Å². The number of amides is 1. The van der Waals surface area contributed by atoms with Gasteiger partial charge in [-0.1, -0.05) is 18.9 Å². The molecule has 1 aliphatic heterocycles. The van der Waals surface area contributed by atoms with Crippen LogP contribution >= 0.6 is 0 Å². The van der Waals surface area contributed by atoms with Crippen molar-refractivity contribution < 1.29 is 14.5 Å². The number of primary amides is 1. The molecule has 27 heavy (non-hydrogen) atoms. The average molecular weight is 365 g/mol. The molecule has 1 aromatic carbocycles. The predicted molar refractivity (Wildman–Crippen MR) is 99.5 cm³/mol. The Balaban J connectivity index is 1.64. The highest BCUT2D eigenvalue weighted by Gasteiger charge is 2.30. The molecule has 0 bridgehead atoms. The van der Waals surface area contributed by atoms with Crippen molar-refractivity contribution in [1.29, 1.82) is 5.26 Å². The van der Waals surface area contributed by atoms with Crippen LogP contribution in [-0.2, 0) is 11.3 Å². The van der Waals surface area contributed by atoms with E-state index in [2.05, 4.69) is 16.5 Å². The SMILES string of the molecule is N#C[C@@H]1CCCC[C@H]1n1cc(C(N)=O)c(Nc2ccc3c(c2)COB3O)n1. The number of nitrogens with one attached hydrogen (secondary N) is 1. The monoisotopic (exact) mass is 365 g/mol. The second-order valence-electron chi connectivity index (χ2n) is 7.02. The molecule has 2 aliphatic rings. The van der Waals surface area contributed by atoms with Crippen LogP contribution in [0.4, 0.5) is 11.5 Å². The van der Waals surface area contributed by atoms with E-state index < -0.39 is 13.0 Å². The zero-order chi connectivity index (χ0) is 19.0. The molecule has 1 aliphatic carbocycles. The maximum atomic E-state index is 11.9. The molecule has 4 rings (SSSR count). The molecule has 9 heteroatoms. The van der Waals surface area contributed by atoms with Gasteiger partial charge < -0.3 is 20.7 Å². The number of rotatable bonds is 4. The van der Waals surface area contributed by atoms with Crippen molar-refractivity contribution in [3.63, 3.8) is 0 Å². The summed E-state index contributed by atoms with van der Waals surface area (Å²) in [6.45, 7) is 0.328. The Morgan fingerprint density at radius 2 is 2.26 bits per heavy atom. The van der Waals surface area contributed by atoms with Gasteiger partial charge in [0.1, 0.15) is 5.56 Å². The van der Waals surface area contributed by atoms with Crippen LogP contribution in [0.1, 0.15) is 47.6 Å². The van der Waals surface area contributed by atoms with Crippen LogP contribution in [0.15, 0.2) is 24.4 Å². The number of hydrogen-bond donors (Lipinski definition) is 3. The summed E-state index contributed by atoms with van der Waals surface area (Å²) in [5, 5.41) is 26.8.